The van der Waals surface area contributed by atoms with E-state index in [1.165, 1.54) is 0 Å². The number of imidazole rings is 1. The number of anilines is 1. The first kappa shape index (κ1) is 18.6. The monoisotopic (exact) mass is 363 g/mol. The fourth-order valence-electron chi connectivity index (χ4n) is 3.00. The topological polar surface area (TPSA) is 54.3 Å². The molecular weight excluding hydrogens is 338 g/mol. The second-order valence-electron chi connectivity index (χ2n) is 6.89. The number of pyridine rings is 1. The number of aryl methyl sites for hydroxylation is 2. The van der Waals surface area contributed by atoms with Gasteiger partial charge in [0.2, 0.25) is 0 Å². The minimum absolute atomic E-state index is 0.0782. The number of nitrogens with zero attached hydrogens (tertiary/aromatic N) is 5. The fourth-order valence-corrected chi connectivity index (χ4v) is 3.00. The molecule has 1 aromatic carbocycles. The molecule has 0 unspecified atom stereocenters. The van der Waals surface area contributed by atoms with Crippen LogP contribution in [0.2, 0.25) is 0 Å². The number of carbonyl (C=O) groups excluding carboxylic acids is 1. The Morgan fingerprint density at radius 2 is 1.85 bits per heavy atom. The highest BCUT2D eigenvalue weighted by molar-refractivity contribution is 5.99. The van der Waals surface area contributed by atoms with Crippen molar-refractivity contribution >= 4 is 11.7 Å². The van der Waals surface area contributed by atoms with Crippen LogP contribution in [0, 0.1) is 6.92 Å². The summed E-state index contributed by atoms with van der Waals surface area (Å²) >= 11 is 0. The second kappa shape index (κ2) is 7.61. The molecule has 0 bridgehead atoms. The molecule has 1 amide bonds. The zero-order chi connectivity index (χ0) is 19.6. The van der Waals surface area contributed by atoms with Crippen molar-refractivity contribution in [3.63, 3.8) is 0 Å². The molecule has 0 aliphatic carbocycles. The molecule has 0 fully saturated rings. The lowest BCUT2D eigenvalue weighted by Gasteiger charge is -2.22. The van der Waals surface area contributed by atoms with Crippen molar-refractivity contribution < 1.29 is 4.79 Å². The van der Waals surface area contributed by atoms with Crippen LogP contribution in [0.1, 0.15) is 21.7 Å². The maximum Gasteiger partial charge on any atom is 0.257 e. The van der Waals surface area contributed by atoms with Gasteiger partial charge in [-0.05, 0) is 24.6 Å². The minimum atomic E-state index is -0.0782. The SMILES string of the molecule is Cc1ccccc1-c1ccc(C(=O)N(C)Cc2nccn2C)c(N(C)C)n1. The lowest BCUT2D eigenvalue weighted by Crippen LogP contribution is -2.29. The maximum absolute atomic E-state index is 13.0. The Labute approximate surface area is 160 Å². The average molecular weight is 363 g/mol. The smallest absolute Gasteiger partial charge is 0.257 e. The van der Waals surface area contributed by atoms with Gasteiger partial charge in [0.25, 0.3) is 5.91 Å². The van der Waals surface area contributed by atoms with Gasteiger partial charge in [-0.1, -0.05) is 24.3 Å². The summed E-state index contributed by atoms with van der Waals surface area (Å²) in [6.07, 6.45) is 3.61. The van der Waals surface area contributed by atoms with Crippen molar-refractivity contribution in [1.29, 1.82) is 0 Å². The first-order valence-electron chi connectivity index (χ1n) is 8.84. The van der Waals surface area contributed by atoms with Gasteiger partial charge in [0.15, 0.2) is 0 Å². The molecule has 140 valence electrons. The lowest BCUT2D eigenvalue weighted by atomic mass is 10.0. The highest BCUT2D eigenvalue weighted by Gasteiger charge is 2.20. The Balaban J connectivity index is 1.94. The standard InChI is InChI=1S/C21H25N5O/c1-15-8-6-7-9-16(15)18-11-10-17(20(23-18)24(2)3)21(27)26(5)14-19-22-12-13-25(19)4/h6-13H,14H2,1-5H3. The summed E-state index contributed by atoms with van der Waals surface area (Å²) in [5, 5.41) is 0. The average Bonchev–Trinajstić information content (AvgIpc) is 3.05. The molecule has 0 aliphatic heterocycles. The molecule has 0 N–H and O–H groups in total. The van der Waals surface area contributed by atoms with E-state index in [4.69, 9.17) is 4.98 Å². The summed E-state index contributed by atoms with van der Waals surface area (Å²) in [5.41, 5.74) is 3.66. The summed E-state index contributed by atoms with van der Waals surface area (Å²) in [5.74, 6) is 1.42. The predicted octanol–water partition coefficient (Wildman–Crippen LogP) is 3.13. The molecule has 0 saturated heterocycles. The molecule has 6 nitrogen and oxygen atoms in total. The van der Waals surface area contributed by atoms with Gasteiger partial charge in [0, 0.05) is 46.1 Å². The molecule has 3 aromatic rings. The number of benzene rings is 1. The minimum Gasteiger partial charge on any atom is -0.362 e. The van der Waals surface area contributed by atoms with Crippen LogP contribution >= 0.6 is 0 Å². The van der Waals surface area contributed by atoms with E-state index in [1.807, 2.05) is 67.1 Å². The number of hydrogen-bond acceptors (Lipinski definition) is 4. The van der Waals surface area contributed by atoms with E-state index in [2.05, 4.69) is 18.0 Å². The third kappa shape index (κ3) is 3.84. The van der Waals surface area contributed by atoms with Gasteiger partial charge >= 0.3 is 0 Å². The van der Waals surface area contributed by atoms with Gasteiger partial charge < -0.3 is 14.4 Å². The van der Waals surface area contributed by atoms with Crippen molar-refractivity contribution in [3.05, 3.63) is 65.7 Å². The zero-order valence-electron chi connectivity index (χ0n) is 16.5. The van der Waals surface area contributed by atoms with Gasteiger partial charge in [-0.2, -0.15) is 0 Å². The quantitative estimate of drug-likeness (QED) is 0.699. The maximum atomic E-state index is 13.0. The Morgan fingerprint density at radius 1 is 1.11 bits per heavy atom. The van der Waals surface area contributed by atoms with E-state index in [-0.39, 0.29) is 5.91 Å². The van der Waals surface area contributed by atoms with E-state index in [0.717, 1.165) is 22.6 Å². The van der Waals surface area contributed by atoms with Gasteiger partial charge in [0.1, 0.15) is 11.6 Å². The number of hydrogen-bond donors (Lipinski definition) is 0. The van der Waals surface area contributed by atoms with Crippen LogP contribution in [0.25, 0.3) is 11.3 Å². The molecule has 2 heterocycles. The number of rotatable bonds is 5. The molecular formula is C21H25N5O. The van der Waals surface area contributed by atoms with E-state index >= 15 is 0 Å². The van der Waals surface area contributed by atoms with Gasteiger partial charge in [0.05, 0.1) is 17.8 Å². The van der Waals surface area contributed by atoms with E-state index < -0.39 is 0 Å². The highest BCUT2D eigenvalue weighted by Crippen LogP contribution is 2.26. The predicted molar refractivity (Wildman–Crippen MR) is 108 cm³/mol. The first-order chi connectivity index (χ1) is 12.9. The van der Waals surface area contributed by atoms with Crippen LogP contribution in [0.3, 0.4) is 0 Å². The Kier molecular flexibility index (Phi) is 5.26. The second-order valence-corrected chi connectivity index (χ2v) is 6.89. The summed E-state index contributed by atoms with van der Waals surface area (Å²) in [6, 6.07) is 11.9. The van der Waals surface area contributed by atoms with Crippen LogP contribution in [-0.4, -0.2) is 46.5 Å². The molecule has 0 aliphatic rings. The first-order valence-corrected chi connectivity index (χ1v) is 8.84. The summed E-state index contributed by atoms with van der Waals surface area (Å²) in [4.78, 5) is 25.7. The molecule has 0 spiro atoms. The molecule has 6 heteroatoms. The summed E-state index contributed by atoms with van der Waals surface area (Å²) in [7, 11) is 7.51. The van der Waals surface area contributed by atoms with Crippen molar-refractivity contribution in [2.24, 2.45) is 7.05 Å². The molecule has 3 rings (SSSR count). The van der Waals surface area contributed by atoms with Crippen LogP contribution in [0.15, 0.2) is 48.8 Å². The van der Waals surface area contributed by atoms with Crippen molar-refractivity contribution in [1.82, 2.24) is 19.4 Å². The molecule has 2 aromatic heterocycles. The number of aromatic nitrogens is 3. The molecule has 0 saturated carbocycles. The summed E-state index contributed by atoms with van der Waals surface area (Å²) < 4.78 is 1.91. The van der Waals surface area contributed by atoms with E-state index in [1.54, 1.807) is 18.1 Å². The lowest BCUT2D eigenvalue weighted by molar-refractivity contribution is 0.0781. The van der Waals surface area contributed by atoms with Crippen LogP contribution in [0.4, 0.5) is 5.82 Å². The normalized spacial score (nSPS) is 10.7. The number of carbonyl (C=O) groups is 1. The Bertz CT molecular complexity index is 961. The van der Waals surface area contributed by atoms with Crippen LogP contribution < -0.4 is 4.90 Å². The number of amides is 1. The van der Waals surface area contributed by atoms with Crippen molar-refractivity contribution in [2.45, 2.75) is 13.5 Å². The third-order valence-corrected chi connectivity index (χ3v) is 4.60. The van der Waals surface area contributed by atoms with Crippen molar-refractivity contribution in [3.8, 4) is 11.3 Å². The molecule has 0 atom stereocenters. The van der Waals surface area contributed by atoms with E-state index in [9.17, 15) is 4.79 Å². The Morgan fingerprint density at radius 3 is 2.48 bits per heavy atom. The molecule has 27 heavy (non-hydrogen) atoms. The Hall–Kier alpha value is -3.15. The van der Waals surface area contributed by atoms with Gasteiger partial charge in [-0.15, -0.1) is 0 Å². The van der Waals surface area contributed by atoms with Gasteiger partial charge in [-0.25, -0.2) is 9.97 Å². The highest BCUT2D eigenvalue weighted by atomic mass is 16.2. The zero-order valence-corrected chi connectivity index (χ0v) is 16.5. The third-order valence-electron chi connectivity index (χ3n) is 4.60. The molecule has 0 radical (unpaired) electrons. The van der Waals surface area contributed by atoms with Gasteiger partial charge in [-0.3, -0.25) is 4.79 Å². The largest absolute Gasteiger partial charge is 0.362 e. The van der Waals surface area contributed by atoms with E-state index in [0.29, 0.717) is 17.9 Å². The van der Waals surface area contributed by atoms with Crippen LogP contribution in [-0.2, 0) is 13.6 Å². The van der Waals surface area contributed by atoms with Crippen molar-refractivity contribution in [2.75, 3.05) is 26.0 Å². The summed E-state index contributed by atoms with van der Waals surface area (Å²) in [6.45, 7) is 2.50. The fraction of sp³-hybridized carbons (Fsp3) is 0.286. The van der Waals surface area contributed by atoms with Crippen LogP contribution in [0.5, 0.6) is 0 Å².